The Bertz CT molecular complexity index is 1290. The van der Waals surface area contributed by atoms with Crippen LogP contribution in [0.5, 0.6) is 11.5 Å². The summed E-state index contributed by atoms with van der Waals surface area (Å²) in [6, 6.07) is 7.61. The summed E-state index contributed by atoms with van der Waals surface area (Å²) in [7, 11) is -5.85. The highest BCUT2D eigenvalue weighted by molar-refractivity contribution is 7.86. The number of carbonyl (C=O) groups excluding carboxylic acids is 3. The van der Waals surface area contributed by atoms with Gasteiger partial charge in [0.2, 0.25) is 11.5 Å². The molecule has 0 unspecified atom stereocenters. The van der Waals surface area contributed by atoms with E-state index in [1.807, 2.05) is 0 Å². The average Bonchev–Trinajstić information content (AvgIpc) is 3.29. The van der Waals surface area contributed by atoms with Gasteiger partial charge in [-0.3, -0.25) is 4.55 Å². The molecule has 0 atom stereocenters. The Labute approximate surface area is 165 Å². The standard InChI is InChI=1S/C17H8F2O10S/c18-17(19,30(23,24)25)6-26-15(21)8-9-11-13(29-16(9)22)12(10(8)27-11)28-14(20)7-4-2-1-3-5-7/h1-5H,6H2,(H,23,24,25). The molecule has 1 aromatic carbocycles. The van der Waals surface area contributed by atoms with Gasteiger partial charge in [-0.25, -0.2) is 14.4 Å². The molecule has 156 valence electrons. The number of alkyl halides is 2. The number of furan rings is 2. The molecule has 1 N–H and O–H groups in total. The van der Waals surface area contributed by atoms with Crippen LogP contribution >= 0.6 is 0 Å². The van der Waals surface area contributed by atoms with E-state index in [2.05, 4.69) is 4.74 Å². The Balaban J connectivity index is 1.66. The topological polar surface area (TPSA) is 146 Å². The van der Waals surface area contributed by atoms with Crippen molar-refractivity contribution in [2.75, 3.05) is 6.61 Å². The number of rotatable bonds is 6. The minimum atomic E-state index is -5.85. The smallest absolute Gasteiger partial charge is 0.402 e. The molecular weight excluding hydrogens is 434 g/mol. The normalized spacial score (nSPS) is 13.5. The Morgan fingerprint density at radius 2 is 1.77 bits per heavy atom. The van der Waals surface area contributed by atoms with Crippen molar-refractivity contribution in [3.8, 4) is 11.5 Å². The van der Waals surface area contributed by atoms with Crippen molar-refractivity contribution in [3.63, 3.8) is 0 Å². The van der Waals surface area contributed by atoms with Crippen molar-refractivity contribution in [2.24, 2.45) is 0 Å². The first-order valence-electron chi connectivity index (χ1n) is 7.94. The van der Waals surface area contributed by atoms with E-state index in [0.29, 0.717) is 0 Å². The van der Waals surface area contributed by atoms with Gasteiger partial charge in [0.05, 0.1) is 5.56 Å². The zero-order valence-corrected chi connectivity index (χ0v) is 15.2. The van der Waals surface area contributed by atoms with E-state index >= 15 is 0 Å². The van der Waals surface area contributed by atoms with Crippen molar-refractivity contribution in [1.82, 2.24) is 0 Å². The molecule has 0 spiro atoms. The Kier molecular flexibility index (Phi) is 4.25. The maximum Gasteiger partial charge on any atom is 0.402 e. The van der Waals surface area contributed by atoms with Crippen molar-refractivity contribution in [3.05, 3.63) is 47.0 Å². The van der Waals surface area contributed by atoms with Crippen molar-refractivity contribution in [2.45, 2.75) is 5.25 Å². The second kappa shape index (κ2) is 6.47. The molecular formula is C17H8F2O10S. The van der Waals surface area contributed by atoms with Crippen LogP contribution in [-0.4, -0.2) is 42.7 Å². The minimum absolute atomic E-state index is 0.115. The monoisotopic (exact) mass is 442 g/mol. The first kappa shape index (κ1) is 19.7. The van der Waals surface area contributed by atoms with Gasteiger partial charge in [0.25, 0.3) is 0 Å². The van der Waals surface area contributed by atoms with E-state index in [-0.39, 0.29) is 16.9 Å². The second-order valence-corrected chi connectivity index (χ2v) is 7.55. The van der Waals surface area contributed by atoms with E-state index in [4.69, 9.17) is 18.4 Å². The van der Waals surface area contributed by atoms with Gasteiger partial charge in [-0.05, 0) is 12.1 Å². The number of hydrogen-bond donors (Lipinski definition) is 1. The van der Waals surface area contributed by atoms with Crippen LogP contribution in [0.3, 0.4) is 0 Å². The summed E-state index contributed by atoms with van der Waals surface area (Å²) < 4.78 is 75.9. The SMILES string of the molecule is O=C(Oc1c2c3oc1c(C(=O)OCC(F)(F)S(=O)(=O)O)c3C(=O)O2)c1ccccc1. The van der Waals surface area contributed by atoms with Crippen LogP contribution in [0.15, 0.2) is 34.7 Å². The number of hydrogen-bond acceptors (Lipinski definition) is 9. The summed E-state index contributed by atoms with van der Waals surface area (Å²) >= 11 is 0. The number of halogens is 2. The van der Waals surface area contributed by atoms with Crippen LogP contribution in [0.25, 0.3) is 11.2 Å². The molecule has 10 nitrogen and oxygen atoms in total. The number of esters is 3. The van der Waals surface area contributed by atoms with E-state index in [1.54, 1.807) is 18.2 Å². The molecule has 0 saturated heterocycles. The predicted octanol–water partition coefficient (Wildman–Crippen LogP) is 2.26. The molecule has 1 aliphatic heterocycles. The van der Waals surface area contributed by atoms with Crippen molar-refractivity contribution < 1.29 is 54.8 Å². The predicted molar refractivity (Wildman–Crippen MR) is 90.5 cm³/mol. The van der Waals surface area contributed by atoms with Crippen LogP contribution in [0.4, 0.5) is 8.78 Å². The van der Waals surface area contributed by atoms with E-state index in [9.17, 15) is 31.6 Å². The van der Waals surface area contributed by atoms with Gasteiger partial charge in [0, 0.05) is 0 Å². The lowest BCUT2D eigenvalue weighted by Gasteiger charge is -2.12. The summed E-state index contributed by atoms with van der Waals surface area (Å²) in [5.41, 5.74) is -1.76. The van der Waals surface area contributed by atoms with Gasteiger partial charge in [-0.2, -0.15) is 17.2 Å². The lowest BCUT2D eigenvalue weighted by Crippen LogP contribution is -2.34. The highest BCUT2D eigenvalue weighted by Crippen LogP contribution is 2.52. The van der Waals surface area contributed by atoms with Gasteiger partial charge in [-0.1, -0.05) is 18.2 Å². The van der Waals surface area contributed by atoms with Crippen LogP contribution in [0.1, 0.15) is 31.1 Å². The Hall–Kier alpha value is -3.58. The fraction of sp³-hybridized carbons (Fsp3) is 0.118. The van der Waals surface area contributed by atoms with Gasteiger partial charge in [0.1, 0.15) is 11.1 Å². The summed E-state index contributed by atoms with van der Waals surface area (Å²) in [5, 5.41) is -4.79. The molecule has 30 heavy (non-hydrogen) atoms. The largest absolute Gasteiger partial charge is 0.454 e. The maximum absolute atomic E-state index is 13.3. The number of benzene rings is 2. The molecule has 2 bridgehead atoms. The molecule has 2 aromatic heterocycles. The second-order valence-electron chi connectivity index (χ2n) is 6.00. The van der Waals surface area contributed by atoms with Gasteiger partial charge in [0.15, 0.2) is 17.8 Å². The quantitative estimate of drug-likeness (QED) is 0.342. The summed E-state index contributed by atoms with van der Waals surface area (Å²) in [6.45, 7) is -2.03. The van der Waals surface area contributed by atoms with Crippen LogP contribution in [-0.2, 0) is 14.9 Å². The number of carbonyl (C=O) groups is 3. The minimum Gasteiger partial charge on any atom is -0.454 e. The highest BCUT2D eigenvalue weighted by atomic mass is 32.2. The molecule has 0 fully saturated rings. The third-order valence-electron chi connectivity index (χ3n) is 4.08. The zero-order valence-electron chi connectivity index (χ0n) is 14.4. The maximum atomic E-state index is 13.3. The fourth-order valence-corrected chi connectivity index (χ4v) is 2.91. The molecule has 13 heteroatoms. The Morgan fingerprint density at radius 3 is 2.40 bits per heavy atom. The molecule has 0 saturated carbocycles. The highest BCUT2D eigenvalue weighted by Gasteiger charge is 2.48. The third-order valence-corrected chi connectivity index (χ3v) is 4.96. The van der Waals surface area contributed by atoms with Crippen molar-refractivity contribution >= 4 is 39.2 Å². The lowest BCUT2D eigenvalue weighted by atomic mass is 10.1. The van der Waals surface area contributed by atoms with Crippen LogP contribution in [0.2, 0.25) is 0 Å². The van der Waals surface area contributed by atoms with Gasteiger partial charge < -0.3 is 18.6 Å². The average molecular weight is 442 g/mol. The lowest BCUT2D eigenvalue weighted by molar-refractivity contribution is -0.00948. The van der Waals surface area contributed by atoms with E-state index in [1.165, 1.54) is 12.1 Å². The summed E-state index contributed by atoms with van der Waals surface area (Å²) in [6.07, 6.45) is 0. The molecule has 1 aliphatic rings. The first-order valence-corrected chi connectivity index (χ1v) is 9.38. The zero-order chi connectivity index (χ0) is 21.8. The fourth-order valence-electron chi connectivity index (χ4n) is 2.70. The van der Waals surface area contributed by atoms with Gasteiger partial charge in [-0.15, -0.1) is 0 Å². The van der Waals surface area contributed by atoms with Crippen LogP contribution in [0, 0.1) is 0 Å². The molecule has 3 aromatic rings. The van der Waals surface area contributed by atoms with E-state index < -0.39 is 62.3 Å². The Morgan fingerprint density at radius 1 is 1.10 bits per heavy atom. The molecule has 0 radical (unpaired) electrons. The molecule has 0 aliphatic carbocycles. The molecule has 0 amide bonds. The van der Waals surface area contributed by atoms with Crippen LogP contribution < -0.4 is 9.47 Å². The third kappa shape index (κ3) is 2.95. The van der Waals surface area contributed by atoms with Crippen molar-refractivity contribution in [1.29, 1.82) is 0 Å². The number of ether oxygens (including phenoxy) is 3. The molecule has 4 rings (SSSR count). The first-order chi connectivity index (χ1) is 14.0. The number of fused-ring (bicyclic) bond motifs is 1. The summed E-state index contributed by atoms with van der Waals surface area (Å²) in [5.74, 6) is -4.27. The van der Waals surface area contributed by atoms with Gasteiger partial charge >= 0.3 is 33.3 Å². The molecule has 3 heterocycles. The van der Waals surface area contributed by atoms with E-state index in [0.717, 1.165) is 0 Å². The summed E-state index contributed by atoms with van der Waals surface area (Å²) in [4.78, 5) is 36.6.